The summed E-state index contributed by atoms with van der Waals surface area (Å²) in [5, 5.41) is 24.2. The second kappa shape index (κ2) is 9.20. The van der Waals surface area contributed by atoms with Crippen molar-refractivity contribution in [3.8, 4) is 0 Å². The first-order valence-corrected chi connectivity index (χ1v) is 7.94. The summed E-state index contributed by atoms with van der Waals surface area (Å²) in [6, 6.07) is 5.20. The van der Waals surface area contributed by atoms with Crippen LogP contribution in [-0.2, 0) is 22.7 Å². The van der Waals surface area contributed by atoms with Crippen LogP contribution >= 0.6 is 0 Å². The van der Waals surface area contributed by atoms with E-state index in [1.165, 1.54) is 18.2 Å². The monoisotopic (exact) mass is 362 g/mol. The molecule has 11 heteroatoms. The predicted molar refractivity (Wildman–Crippen MR) is 88.0 cm³/mol. The van der Waals surface area contributed by atoms with Crippen LogP contribution in [0.25, 0.3) is 0 Å². The first-order valence-electron chi connectivity index (χ1n) is 7.94. The van der Waals surface area contributed by atoms with Gasteiger partial charge in [-0.1, -0.05) is 19.4 Å². The number of carbonyl (C=O) groups excluding carboxylic acids is 2. The van der Waals surface area contributed by atoms with Crippen LogP contribution in [-0.4, -0.2) is 43.6 Å². The Kier molecular flexibility index (Phi) is 6.71. The van der Waals surface area contributed by atoms with Crippen LogP contribution in [0.15, 0.2) is 24.3 Å². The number of carbonyl (C=O) groups is 2. The number of non-ortho nitro benzene ring substituents is 1. The highest BCUT2D eigenvalue weighted by atomic mass is 16.6. The molecule has 1 aromatic heterocycles. The maximum Gasteiger partial charge on any atom is 0.325 e. The largest absolute Gasteiger partial charge is 0.456 e. The Morgan fingerprint density at radius 2 is 2.19 bits per heavy atom. The lowest BCUT2D eigenvalue weighted by atomic mass is 10.2. The summed E-state index contributed by atoms with van der Waals surface area (Å²) in [7, 11) is 0. The Morgan fingerprint density at radius 3 is 2.92 bits per heavy atom. The molecule has 0 saturated heterocycles. The molecule has 1 heterocycles. The molecule has 0 aliphatic carbocycles. The number of hydrogen-bond donors (Lipinski definition) is 1. The number of esters is 1. The van der Waals surface area contributed by atoms with Crippen molar-refractivity contribution >= 4 is 17.6 Å². The highest BCUT2D eigenvalue weighted by Crippen LogP contribution is 2.12. The lowest BCUT2D eigenvalue weighted by Crippen LogP contribution is -2.30. The number of aryl methyl sites for hydroxylation is 1. The molecule has 0 atom stereocenters. The number of nitrogens with one attached hydrogen (secondary N) is 1. The molecule has 2 rings (SSSR count). The van der Waals surface area contributed by atoms with Crippen LogP contribution < -0.4 is 5.32 Å². The van der Waals surface area contributed by atoms with E-state index in [-0.39, 0.29) is 24.4 Å². The van der Waals surface area contributed by atoms with E-state index in [4.69, 9.17) is 4.74 Å². The number of hydrogen-bond acceptors (Lipinski definition) is 8. The van der Waals surface area contributed by atoms with Crippen LogP contribution in [0.1, 0.15) is 35.9 Å². The molecule has 0 radical (unpaired) electrons. The smallest absolute Gasteiger partial charge is 0.325 e. The van der Waals surface area contributed by atoms with Gasteiger partial charge in [0, 0.05) is 24.2 Å². The van der Waals surface area contributed by atoms with Gasteiger partial charge in [0.05, 0.1) is 4.92 Å². The molecular weight excluding hydrogens is 344 g/mol. The topological polar surface area (TPSA) is 142 Å². The number of ether oxygens (including phenoxy) is 1. The summed E-state index contributed by atoms with van der Waals surface area (Å²) in [5.74, 6) is -0.871. The zero-order chi connectivity index (χ0) is 18.9. The molecule has 138 valence electrons. The zero-order valence-electron chi connectivity index (χ0n) is 14.1. The van der Waals surface area contributed by atoms with Gasteiger partial charge >= 0.3 is 5.97 Å². The van der Waals surface area contributed by atoms with E-state index in [1.54, 1.807) is 4.68 Å². The number of nitrogens with zero attached hydrogens (tertiary/aromatic N) is 5. The van der Waals surface area contributed by atoms with Crippen molar-refractivity contribution in [2.75, 3.05) is 6.54 Å². The number of unbranched alkanes of at least 4 members (excludes halogenated alkanes) is 1. The number of rotatable bonds is 9. The Bertz CT molecular complexity index is 790. The van der Waals surface area contributed by atoms with Crippen LogP contribution in [0.5, 0.6) is 0 Å². The van der Waals surface area contributed by atoms with Gasteiger partial charge in [0.25, 0.3) is 11.6 Å². The fraction of sp³-hybridized carbons (Fsp3) is 0.400. The molecule has 1 N–H and O–H groups in total. The molecule has 0 spiro atoms. The number of aromatic nitrogens is 4. The highest BCUT2D eigenvalue weighted by Gasteiger charge is 2.14. The van der Waals surface area contributed by atoms with Gasteiger partial charge in [-0.25, -0.2) is 4.68 Å². The number of tetrazole rings is 1. The van der Waals surface area contributed by atoms with E-state index in [2.05, 4.69) is 20.8 Å². The van der Waals surface area contributed by atoms with Crippen LogP contribution in [0.4, 0.5) is 5.69 Å². The van der Waals surface area contributed by atoms with Gasteiger partial charge in [0.2, 0.25) is 0 Å². The number of benzene rings is 1. The fourth-order valence-corrected chi connectivity index (χ4v) is 2.02. The molecule has 0 bridgehead atoms. The molecular formula is C15H18N6O5. The van der Waals surface area contributed by atoms with Gasteiger partial charge in [-0.05, 0) is 22.9 Å². The second-order valence-electron chi connectivity index (χ2n) is 5.32. The van der Waals surface area contributed by atoms with Gasteiger partial charge in [0.15, 0.2) is 12.4 Å². The maximum absolute atomic E-state index is 12.0. The Morgan fingerprint density at radius 1 is 1.38 bits per heavy atom. The second-order valence-corrected chi connectivity index (χ2v) is 5.32. The molecule has 1 amide bonds. The van der Waals surface area contributed by atoms with E-state index in [9.17, 15) is 19.7 Å². The van der Waals surface area contributed by atoms with Crippen LogP contribution in [0, 0.1) is 10.1 Å². The lowest BCUT2D eigenvalue weighted by molar-refractivity contribution is -0.384. The molecule has 0 aliphatic heterocycles. The molecule has 11 nitrogen and oxygen atoms in total. The van der Waals surface area contributed by atoms with Crippen LogP contribution in [0.3, 0.4) is 0 Å². The summed E-state index contributed by atoms with van der Waals surface area (Å²) in [5.41, 5.74) is -0.130. The Hall–Kier alpha value is -3.37. The lowest BCUT2D eigenvalue weighted by Gasteiger charge is -2.07. The average molecular weight is 362 g/mol. The maximum atomic E-state index is 12.0. The fourth-order valence-electron chi connectivity index (χ4n) is 2.02. The minimum Gasteiger partial charge on any atom is -0.456 e. The van der Waals surface area contributed by atoms with Crippen molar-refractivity contribution in [2.24, 2.45) is 0 Å². The van der Waals surface area contributed by atoms with Gasteiger partial charge in [-0.2, -0.15) is 0 Å². The van der Waals surface area contributed by atoms with Crippen LogP contribution in [0.2, 0.25) is 0 Å². The van der Waals surface area contributed by atoms with Crippen molar-refractivity contribution in [2.45, 2.75) is 32.9 Å². The van der Waals surface area contributed by atoms with Gasteiger partial charge in [-0.3, -0.25) is 19.7 Å². The summed E-state index contributed by atoms with van der Waals surface area (Å²) in [6.07, 6.45) is 1.87. The molecule has 26 heavy (non-hydrogen) atoms. The first kappa shape index (κ1) is 19.0. The minimum atomic E-state index is -0.672. The standard InChI is InChI=1S/C15H18N6O5/c1-2-3-7-20-13(17-18-19-20)10-26-14(22)9-16-15(23)11-5-4-6-12(8-11)21(24)25/h4-6,8H,2-3,7,9-10H2,1H3,(H,16,23). The molecule has 0 unspecified atom stereocenters. The van der Waals surface area contributed by atoms with Crippen molar-refractivity contribution in [1.29, 1.82) is 0 Å². The predicted octanol–water partition coefficient (Wildman–Crippen LogP) is 0.855. The Labute approximate surface area is 148 Å². The van der Waals surface area contributed by atoms with Crippen molar-refractivity contribution in [3.05, 3.63) is 45.8 Å². The van der Waals surface area contributed by atoms with Crippen molar-refractivity contribution in [1.82, 2.24) is 25.5 Å². The molecule has 0 aliphatic rings. The van der Waals surface area contributed by atoms with Gasteiger partial charge in [-0.15, -0.1) is 5.10 Å². The van der Waals surface area contributed by atoms with E-state index >= 15 is 0 Å². The summed E-state index contributed by atoms with van der Waals surface area (Å²) in [6.45, 7) is 2.17. The van der Waals surface area contributed by atoms with E-state index in [0.717, 1.165) is 18.9 Å². The van der Waals surface area contributed by atoms with Crippen molar-refractivity contribution in [3.63, 3.8) is 0 Å². The molecule has 2 aromatic rings. The summed E-state index contributed by atoms with van der Waals surface area (Å²) >= 11 is 0. The van der Waals surface area contributed by atoms with E-state index in [1.807, 2.05) is 6.92 Å². The van der Waals surface area contributed by atoms with Gasteiger partial charge in [0.1, 0.15) is 6.54 Å². The average Bonchev–Trinajstić information content (AvgIpc) is 3.10. The Balaban J connectivity index is 1.81. The number of amides is 1. The highest BCUT2D eigenvalue weighted by molar-refractivity contribution is 5.96. The number of nitro groups is 1. The van der Waals surface area contributed by atoms with Gasteiger partial charge < -0.3 is 10.1 Å². The minimum absolute atomic E-state index is 0.0792. The summed E-state index contributed by atoms with van der Waals surface area (Å²) in [4.78, 5) is 33.8. The third kappa shape index (κ3) is 5.33. The number of nitro benzene ring substituents is 1. The zero-order valence-corrected chi connectivity index (χ0v) is 14.1. The molecule has 1 aromatic carbocycles. The molecule has 0 fully saturated rings. The molecule has 0 saturated carbocycles. The third-order valence-corrected chi connectivity index (χ3v) is 3.40. The first-order chi connectivity index (χ1) is 12.5. The summed E-state index contributed by atoms with van der Waals surface area (Å²) < 4.78 is 6.58. The third-order valence-electron chi connectivity index (χ3n) is 3.40. The SMILES string of the molecule is CCCCn1nnnc1COC(=O)CNC(=O)c1cccc([N+](=O)[O-])c1. The normalized spacial score (nSPS) is 10.3. The van der Waals surface area contributed by atoms with E-state index in [0.29, 0.717) is 12.4 Å². The quantitative estimate of drug-likeness (QED) is 0.393. The van der Waals surface area contributed by atoms with Crippen molar-refractivity contribution < 1.29 is 19.2 Å². The van der Waals surface area contributed by atoms with E-state index < -0.39 is 16.8 Å².